The first kappa shape index (κ1) is 18.7. The fourth-order valence-corrected chi connectivity index (χ4v) is 4.79. The summed E-state index contributed by atoms with van der Waals surface area (Å²) in [7, 11) is 1.90. The van der Waals surface area contributed by atoms with Crippen LogP contribution < -0.4 is 5.32 Å². The second-order valence-corrected chi connectivity index (χ2v) is 7.82. The molecule has 2 saturated heterocycles. The standard InChI is InChI=1S/C19H32N4OS/c1-3-24-16-8-12-23(13-9-16)19(20-2)21-15-17(18-7-6-14-25-18)22-10-4-5-11-22/h6-7,14,16-17H,3-5,8-13,15H2,1-2H3,(H,20,21). The van der Waals surface area contributed by atoms with Crippen molar-refractivity contribution >= 4 is 17.3 Å². The zero-order valence-electron chi connectivity index (χ0n) is 15.6. The van der Waals surface area contributed by atoms with Crippen LogP contribution in [-0.2, 0) is 4.74 Å². The minimum Gasteiger partial charge on any atom is -0.378 e. The van der Waals surface area contributed by atoms with Crippen LogP contribution in [0.1, 0.15) is 43.5 Å². The fourth-order valence-electron chi connectivity index (χ4n) is 3.93. The maximum absolute atomic E-state index is 5.77. The number of aliphatic imine (C=N–C) groups is 1. The molecule has 0 spiro atoms. The van der Waals surface area contributed by atoms with E-state index in [0.29, 0.717) is 12.1 Å². The minimum absolute atomic E-state index is 0.419. The molecular weight excluding hydrogens is 332 g/mol. The lowest BCUT2D eigenvalue weighted by molar-refractivity contribution is 0.0263. The lowest BCUT2D eigenvalue weighted by atomic mass is 10.1. The molecule has 1 aromatic heterocycles. The third-order valence-electron chi connectivity index (χ3n) is 5.26. The van der Waals surface area contributed by atoms with E-state index in [0.717, 1.165) is 45.0 Å². The van der Waals surface area contributed by atoms with Crippen LogP contribution >= 0.6 is 11.3 Å². The van der Waals surface area contributed by atoms with Crippen LogP contribution in [-0.4, -0.2) is 68.2 Å². The van der Waals surface area contributed by atoms with Crippen LogP contribution in [0.3, 0.4) is 0 Å². The number of hydrogen-bond donors (Lipinski definition) is 1. The van der Waals surface area contributed by atoms with Crippen molar-refractivity contribution in [3.63, 3.8) is 0 Å². The number of hydrogen-bond acceptors (Lipinski definition) is 4. The van der Waals surface area contributed by atoms with Gasteiger partial charge in [-0.05, 0) is 57.1 Å². The number of ether oxygens (including phenoxy) is 1. The summed E-state index contributed by atoms with van der Waals surface area (Å²) < 4.78 is 5.77. The monoisotopic (exact) mass is 364 g/mol. The fraction of sp³-hybridized carbons (Fsp3) is 0.737. The van der Waals surface area contributed by atoms with Gasteiger partial charge in [-0.1, -0.05) is 6.07 Å². The van der Waals surface area contributed by atoms with Gasteiger partial charge < -0.3 is 15.0 Å². The summed E-state index contributed by atoms with van der Waals surface area (Å²) in [4.78, 5) is 11.0. The van der Waals surface area contributed by atoms with E-state index in [9.17, 15) is 0 Å². The summed E-state index contributed by atoms with van der Waals surface area (Å²) >= 11 is 1.87. The van der Waals surface area contributed by atoms with Crippen molar-refractivity contribution in [1.82, 2.24) is 15.1 Å². The van der Waals surface area contributed by atoms with E-state index in [1.165, 1.54) is 30.8 Å². The van der Waals surface area contributed by atoms with Crippen molar-refractivity contribution in [3.05, 3.63) is 22.4 Å². The number of nitrogens with zero attached hydrogens (tertiary/aromatic N) is 3. The van der Waals surface area contributed by atoms with Gasteiger partial charge in [0, 0.05) is 38.2 Å². The Bertz CT molecular complexity index is 520. The SMILES string of the molecule is CCOC1CCN(C(=NC)NCC(c2cccs2)N2CCCC2)CC1. The van der Waals surface area contributed by atoms with Gasteiger partial charge in [0.2, 0.25) is 0 Å². The highest BCUT2D eigenvalue weighted by atomic mass is 32.1. The normalized spacial score (nSPS) is 21.7. The van der Waals surface area contributed by atoms with Gasteiger partial charge in [-0.25, -0.2) is 0 Å². The topological polar surface area (TPSA) is 40.1 Å². The van der Waals surface area contributed by atoms with E-state index < -0.39 is 0 Å². The van der Waals surface area contributed by atoms with E-state index in [-0.39, 0.29) is 0 Å². The average molecular weight is 365 g/mol. The number of thiophene rings is 1. The lowest BCUT2D eigenvalue weighted by Crippen LogP contribution is -2.48. The van der Waals surface area contributed by atoms with Crippen molar-refractivity contribution in [2.75, 3.05) is 46.4 Å². The van der Waals surface area contributed by atoms with Crippen molar-refractivity contribution < 1.29 is 4.74 Å². The molecule has 2 aliphatic rings. The molecule has 3 rings (SSSR count). The zero-order chi connectivity index (χ0) is 17.5. The molecule has 1 unspecified atom stereocenters. The molecule has 0 aliphatic carbocycles. The molecule has 2 aliphatic heterocycles. The molecule has 1 N–H and O–H groups in total. The highest BCUT2D eigenvalue weighted by Gasteiger charge is 2.26. The molecule has 1 atom stereocenters. The van der Waals surface area contributed by atoms with Gasteiger partial charge in [-0.2, -0.15) is 0 Å². The molecule has 0 radical (unpaired) electrons. The Morgan fingerprint density at radius 1 is 1.32 bits per heavy atom. The lowest BCUT2D eigenvalue weighted by Gasteiger charge is -2.35. The van der Waals surface area contributed by atoms with Gasteiger partial charge in [0.15, 0.2) is 5.96 Å². The Morgan fingerprint density at radius 3 is 2.68 bits per heavy atom. The first-order valence-electron chi connectivity index (χ1n) is 9.66. The first-order valence-corrected chi connectivity index (χ1v) is 10.5. The van der Waals surface area contributed by atoms with E-state index >= 15 is 0 Å². The third-order valence-corrected chi connectivity index (χ3v) is 6.24. The quantitative estimate of drug-likeness (QED) is 0.622. The van der Waals surface area contributed by atoms with Crippen molar-refractivity contribution in [2.45, 2.75) is 44.8 Å². The van der Waals surface area contributed by atoms with Crippen LogP contribution in [0.4, 0.5) is 0 Å². The number of piperidine rings is 1. The van der Waals surface area contributed by atoms with Crippen LogP contribution in [0.25, 0.3) is 0 Å². The summed E-state index contributed by atoms with van der Waals surface area (Å²) in [5.74, 6) is 1.04. The van der Waals surface area contributed by atoms with Crippen molar-refractivity contribution in [2.24, 2.45) is 4.99 Å². The molecule has 0 amide bonds. The summed E-state index contributed by atoms with van der Waals surface area (Å²) in [6.07, 6.45) is 5.25. The number of likely N-dealkylation sites (tertiary alicyclic amines) is 2. The average Bonchev–Trinajstić information content (AvgIpc) is 3.34. The highest BCUT2D eigenvalue weighted by Crippen LogP contribution is 2.28. The number of nitrogens with one attached hydrogen (secondary N) is 1. The van der Waals surface area contributed by atoms with Gasteiger partial charge in [0.05, 0.1) is 12.1 Å². The highest BCUT2D eigenvalue weighted by molar-refractivity contribution is 7.10. The maximum Gasteiger partial charge on any atom is 0.193 e. The molecule has 140 valence electrons. The van der Waals surface area contributed by atoms with E-state index in [4.69, 9.17) is 4.74 Å². The van der Waals surface area contributed by atoms with Gasteiger partial charge in [-0.3, -0.25) is 9.89 Å². The smallest absolute Gasteiger partial charge is 0.193 e. The predicted molar refractivity (Wildman–Crippen MR) is 105 cm³/mol. The molecule has 2 fully saturated rings. The minimum atomic E-state index is 0.419. The number of guanidine groups is 1. The van der Waals surface area contributed by atoms with E-state index in [1.54, 1.807) is 0 Å². The summed E-state index contributed by atoms with van der Waals surface area (Å²) in [5, 5.41) is 5.84. The maximum atomic E-state index is 5.77. The molecule has 1 aromatic rings. The molecule has 3 heterocycles. The Kier molecular flexibility index (Phi) is 7.13. The molecule has 0 saturated carbocycles. The zero-order valence-corrected chi connectivity index (χ0v) is 16.4. The first-order chi connectivity index (χ1) is 12.3. The van der Waals surface area contributed by atoms with Crippen LogP contribution in [0.5, 0.6) is 0 Å². The summed E-state index contributed by atoms with van der Waals surface area (Å²) in [6.45, 7) is 8.30. The van der Waals surface area contributed by atoms with Crippen LogP contribution in [0, 0.1) is 0 Å². The third kappa shape index (κ3) is 4.96. The second-order valence-electron chi connectivity index (χ2n) is 6.84. The second kappa shape index (κ2) is 9.55. The molecule has 0 bridgehead atoms. The predicted octanol–water partition coefficient (Wildman–Crippen LogP) is 2.96. The summed E-state index contributed by atoms with van der Waals surface area (Å²) in [6, 6.07) is 4.89. The van der Waals surface area contributed by atoms with Gasteiger partial charge >= 0.3 is 0 Å². The van der Waals surface area contributed by atoms with Gasteiger partial charge in [0.25, 0.3) is 0 Å². The Labute approximate surface area is 156 Å². The molecule has 5 nitrogen and oxygen atoms in total. The largest absolute Gasteiger partial charge is 0.378 e. The van der Waals surface area contributed by atoms with Crippen molar-refractivity contribution in [1.29, 1.82) is 0 Å². The van der Waals surface area contributed by atoms with Gasteiger partial charge in [-0.15, -0.1) is 11.3 Å². The Morgan fingerprint density at radius 2 is 2.08 bits per heavy atom. The molecule has 6 heteroatoms. The molecule has 0 aromatic carbocycles. The summed E-state index contributed by atoms with van der Waals surface area (Å²) in [5.41, 5.74) is 0. The van der Waals surface area contributed by atoms with E-state index in [2.05, 4.69) is 44.5 Å². The Hall–Kier alpha value is -1.11. The number of rotatable bonds is 6. The Balaban J connectivity index is 1.56. The molecular formula is C19H32N4OS. The van der Waals surface area contributed by atoms with E-state index in [1.807, 2.05) is 18.4 Å². The van der Waals surface area contributed by atoms with Gasteiger partial charge in [0.1, 0.15) is 0 Å². The van der Waals surface area contributed by atoms with Crippen molar-refractivity contribution in [3.8, 4) is 0 Å². The van der Waals surface area contributed by atoms with Crippen LogP contribution in [0.15, 0.2) is 22.5 Å². The van der Waals surface area contributed by atoms with Crippen LogP contribution in [0.2, 0.25) is 0 Å². The molecule has 25 heavy (non-hydrogen) atoms.